The predicted molar refractivity (Wildman–Crippen MR) is 90.2 cm³/mol. The molecule has 22 heavy (non-hydrogen) atoms. The van der Waals surface area contributed by atoms with Crippen molar-refractivity contribution in [1.29, 1.82) is 0 Å². The summed E-state index contributed by atoms with van der Waals surface area (Å²) in [5.41, 5.74) is 1.14. The van der Waals surface area contributed by atoms with Gasteiger partial charge in [-0.25, -0.2) is 4.98 Å². The number of hydrogen-bond donors (Lipinski definition) is 1. The van der Waals surface area contributed by atoms with Crippen molar-refractivity contribution in [1.82, 2.24) is 15.2 Å². The molecule has 0 unspecified atom stereocenters. The van der Waals surface area contributed by atoms with Crippen LogP contribution in [0.25, 0.3) is 0 Å². The Morgan fingerprint density at radius 1 is 1.32 bits per heavy atom. The second kappa shape index (κ2) is 7.55. The molecule has 1 amide bonds. The van der Waals surface area contributed by atoms with Gasteiger partial charge in [0.2, 0.25) is 5.91 Å². The summed E-state index contributed by atoms with van der Waals surface area (Å²) in [4.78, 5) is 20.7. The number of carbonyl (C=O) groups is 1. The lowest BCUT2D eigenvalue weighted by Crippen LogP contribution is -2.33. The molecule has 1 aromatic heterocycles. The van der Waals surface area contributed by atoms with Crippen LogP contribution in [0, 0.1) is 6.92 Å². The Morgan fingerprint density at radius 2 is 2.14 bits per heavy atom. The molecule has 1 aliphatic heterocycles. The number of aryl methyl sites for hydroxylation is 2. The maximum Gasteiger partial charge on any atom is 0.220 e. The van der Waals surface area contributed by atoms with Gasteiger partial charge < -0.3 is 10.2 Å². The third kappa shape index (κ3) is 4.07. The Hall–Kier alpha value is -0.940. The predicted octanol–water partition coefficient (Wildman–Crippen LogP) is 3.21. The Labute approximate surface area is 137 Å². The average molecular weight is 321 g/mol. The highest BCUT2D eigenvalue weighted by Gasteiger charge is 2.25. The van der Waals surface area contributed by atoms with Gasteiger partial charge in [0, 0.05) is 11.3 Å². The molecule has 1 aromatic rings. The van der Waals surface area contributed by atoms with Gasteiger partial charge >= 0.3 is 0 Å². The van der Waals surface area contributed by atoms with Gasteiger partial charge in [-0.3, -0.25) is 4.79 Å². The van der Waals surface area contributed by atoms with Crippen molar-refractivity contribution in [3.8, 4) is 0 Å². The summed E-state index contributed by atoms with van der Waals surface area (Å²) in [6, 6.07) is 0.149. The molecule has 1 saturated heterocycles. The van der Waals surface area contributed by atoms with Gasteiger partial charge in [-0.15, -0.1) is 11.3 Å². The molecule has 0 bridgehead atoms. The highest BCUT2D eigenvalue weighted by Crippen LogP contribution is 2.33. The van der Waals surface area contributed by atoms with E-state index in [9.17, 15) is 4.79 Å². The Morgan fingerprint density at radius 3 is 2.95 bits per heavy atom. The molecule has 0 aromatic carbocycles. The number of fused-ring (bicyclic) bond motifs is 1. The second-order valence-corrected chi connectivity index (χ2v) is 7.85. The topological polar surface area (TPSA) is 45.2 Å². The molecule has 3 rings (SSSR count). The number of piperidine rings is 1. The maximum atomic E-state index is 12.2. The van der Waals surface area contributed by atoms with E-state index in [1.54, 1.807) is 11.3 Å². The normalized spacial score (nSPS) is 22.3. The summed E-state index contributed by atoms with van der Waals surface area (Å²) < 4.78 is 0. The largest absolute Gasteiger partial charge is 0.348 e. The van der Waals surface area contributed by atoms with Crippen LogP contribution < -0.4 is 5.32 Å². The molecule has 2 aliphatic rings. The number of carbonyl (C=O) groups excluding carboxylic acids is 1. The summed E-state index contributed by atoms with van der Waals surface area (Å²) in [6.45, 7) is 5.55. The monoisotopic (exact) mass is 321 g/mol. The Balaban J connectivity index is 1.44. The first kappa shape index (κ1) is 15.9. The van der Waals surface area contributed by atoms with Gasteiger partial charge in [-0.2, -0.15) is 0 Å². The molecule has 5 heteroatoms. The SMILES string of the molecule is Cc1nc2c(s1)CCC[C@H]2NC(=O)CCCN1CCCCC1. The van der Waals surface area contributed by atoms with Gasteiger partial charge in [0.05, 0.1) is 16.7 Å². The van der Waals surface area contributed by atoms with E-state index < -0.39 is 0 Å². The molecule has 0 radical (unpaired) electrons. The molecule has 1 N–H and O–H groups in total. The Kier molecular flexibility index (Phi) is 5.47. The van der Waals surface area contributed by atoms with Crippen molar-refractivity contribution in [3.05, 3.63) is 15.6 Å². The van der Waals surface area contributed by atoms with Crippen LogP contribution in [0.3, 0.4) is 0 Å². The van der Waals surface area contributed by atoms with Gasteiger partial charge in [0.1, 0.15) is 0 Å². The quantitative estimate of drug-likeness (QED) is 0.906. The van der Waals surface area contributed by atoms with Crippen LogP contribution in [0.2, 0.25) is 0 Å². The highest BCUT2D eigenvalue weighted by molar-refractivity contribution is 7.11. The minimum atomic E-state index is 0.149. The summed E-state index contributed by atoms with van der Waals surface area (Å²) in [6.07, 6.45) is 8.95. The van der Waals surface area contributed by atoms with Crippen LogP contribution in [0.15, 0.2) is 0 Å². The van der Waals surface area contributed by atoms with Gasteiger partial charge in [-0.05, 0) is 65.1 Å². The summed E-state index contributed by atoms with van der Waals surface area (Å²) >= 11 is 1.79. The van der Waals surface area contributed by atoms with Gasteiger partial charge in [-0.1, -0.05) is 6.42 Å². The molecule has 2 heterocycles. The van der Waals surface area contributed by atoms with Crippen LogP contribution >= 0.6 is 11.3 Å². The van der Waals surface area contributed by atoms with Crippen LogP contribution in [-0.2, 0) is 11.2 Å². The first-order chi connectivity index (χ1) is 10.7. The molecule has 1 aliphatic carbocycles. The van der Waals surface area contributed by atoms with Gasteiger partial charge in [0.25, 0.3) is 0 Å². The van der Waals surface area contributed by atoms with E-state index in [1.807, 2.05) is 0 Å². The number of nitrogens with zero attached hydrogens (tertiary/aromatic N) is 2. The van der Waals surface area contributed by atoms with Crippen molar-refractivity contribution >= 4 is 17.2 Å². The highest BCUT2D eigenvalue weighted by atomic mass is 32.1. The van der Waals surface area contributed by atoms with Crippen LogP contribution in [0.5, 0.6) is 0 Å². The van der Waals surface area contributed by atoms with Crippen molar-refractivity contribution in [2.45, 2.75) is 64.3 Å². The minimum absolute atomic E-state index is 0.149. The van der Waals surface area contributed by atoms with Crippen LogP contribution in [0.4, 0.5) is 0 Å². The number of nitrogens with one attached hydrogen (secondary N) is 1. The zero-order chi connectivity index (χ0) is 15.4. The third-order valence-electron chi connectivity index (χ3n) is 4.72. The van der Waals surface area contributed by atoms with E-state index in [-0.39, 0.29) is 11.9 Å². The number of thiazole rings is 1. The summed E-state index contributed by atoms with van der Waals surface area (Å²) in [7, 11) is 0. The fraction of sp³-hybridized carbons (Fsp3) is 0.765. The number of aromatic nitrogens is 1. The van der Waals surface area contributed by atoms with Gasteiger partial charge in [0.15, 0.2) is 0 Å². The lowest BCUT2D eigenvalue weighted by Gasteiger charge is -2.26. The van der Waals surface area contributed by atoms with Crippen LogP contribution in [-0.4, -0.2) is 35.4 Å². The lowest BCUT2D eigenvalue weighted by atomic mass is 9.97. The molecule has 4 nitrogen and oxygen atoms in total. The van der Waals surface area contributed by atoms with Crippen molar-refractivity contribution < 1.29 is 4.79 Å². The van der Waals surface area contributed by atoms with E-state index >= 15 is 0 Å². The van der Waals surface area contributed by atoms with Crippen molar-refractivity contribution in [2.75, 3.05) is 19.6 Å². The molecule has 1 fully saturated rings. The zero-order valence-electron chi connectivity index (χ0n) is 13.6. The maximum absolute atomic E-state index is 12.2. The molecule has 1 atom stereocenters. The number of amides is 1. The van der Waals surface area contributed by atoms with Crippen molar-refractivity contribution in [3.63, 3.8) is 0 Å². The molecular weight excluding hydrogens is 294 g/mol. The van der Waals surface area contributed by atoms with Crippen molar-refractivity contribution in [2.24, 2.45) is 0 Å². The van der Waals surface area contributed by atoms with E-state index in [0.29, 0.717) is 6.42 Å². The molecular formula is C17H27N3OS. The first-order valence-corrected chi connectivity index (χ1v) is 9.52. The fourth-order valence-electron chi connectivity index (χ4n) is 3.59. The smallest absolute Gasteiger partial charge is 0.220 e. The number of likely N-dealkylation sites (tertiary alicyclic amines) is 1. The van der Waals surface area contributed by atoms with E-state index in [4.69, 9.17) is 0 Å². The average Bonchev–Trinajstić information content (AvgIpc) is 2.90. The lowest BCUT2D eigenvalue weighted by molar-refractivity contribution is -0.122. The molecule has 122 valence electrons. The molecule has 0 saturated carbocycles. The van der Waals surface area contributed by atoms with Crippen LogP contribution in [0.1, 0.15) is 66.6 Å². The van der Waals surface area contributed by atoms with E-state index in [0.717, 1.165) is 42.9 Å². The summed E-state index contributed by atoms with van der Waals surface area (Å²) in [5.74, 6) is 0.195. The first-order valence-electron chi connectivity index (χ1n) is 8.70. The summed E-state index contributed by atoms with van der Waals surface area (Å²) in [5, 5.41) is 4.33. The fourth-order valence-corrected chi connectivity index (χ4v) is 4.63. The number of hydrogen-bond acceptors (Lipinski definition) is 4. The standard InChI is InChI=1S/C17H27N3OS/c1-13-18-17-14(7-5-8-15(17)22-13)19-16(21)9-6-12-20-10-3-2-4-11-20/h14H,2-12H2,1H3,(H,19,21)/t14-/m1/s1. The Bertz CT molecular complexity index is 508. The third-order valence-corrected chi connectivity index (χ3v) is 5.77. The minimum Gasteiger partial charge on any atom is -0.348 e. The molecule has 0 spiro atoms. The second-order valence-electron chi connectivity index (χ2n) is 6.56. The van der Waals surface area contributed by atoms with E-state index in [2.05, 4.69) is 22.1 Å². The number of rotatable bonds is 5. The zero-order valence-corrected chi connectivity index (χ0v) is 14.4. The van der Waals surface area contributed by atoms with E-state index in [1.165, 1.54) is 37.2 Å².